The van der Waals surface area contributed by atoms with Gasteiger partial charge in [0.15, 0.2) is 0 Å². The van der Waals surface area contributed by atoms with Crippen LogP contribution in [0.1, 0.15) is 11.1 Å². The van der Waals surface area contributed by atoms with Crippen LogP contribution in [-0.2, 0) is 0 Å². The van der Waals surface area contributed by atoms with E-state index in [1.807, 2.05) is 12.3 Å². The summed E-state index contributed by atoms with van der Waals surface area (Å²) in [6.07, 6.45) is 0. The maximum absolute atomic E-state index is 9.50. The molecule has 0 saturated heterocycles. The number of thiocyanates is 1. The average Bonchev–Trinajstić information content (AvgIpc) is 2.09. The Morgan fingerprint density at radius 3 is 2.69 bits per heavy atom. The zero-order valence-corrected chi connectivity index (χ0v) is 8.83. The Bertz CT molecular complexity index is 384. The van der Waals surface area contributed by atoms with Gasteiger partial charge in [-0.3, -0.25) is 0 Å². The van der Waals surface area contributed by atoms with Crippen LogP contribution in [0.2, 0.25) is 5.02 Å². The number of aryl methyl sites for hydroxylation is 1. The fourth-order valence-corrected chi connectivity index (χ4v) is 1.81. The normalized spacial score (nSPS) is 9.69. The van der Waals surface area contributed by atoms with Gasteiger partial charge in [0.25, 0.3) is 0 Å². The van der Waals surface area contributed by atoms with E-state index in [1.165, 1.54) is 0 Å². The van der Waals surface area contributed by atoms with Crippen LogP contribution >= 0.6 is 23.4 Å². The van der Waals surface area contributed by atoms with Crippen molar-refractivity contribution in [3.63, 3.8) is 0 Å². The van der Waals surface area contributed by atoms with Crippen molar-refractivity contribution >= 4 is 23.4 Å². The topological polar surface area (TPSA) is 44.0 Å². The highest BCUT2D eigenvalue weighted by Crippen LogP contribution is 2.37. The minimum absolute atomic E-state index is 0.117. The summed E-state index contributed by atoms with van der Waals surface area (Å²) in [5.41, 5.74) is 1.57. The fraction of sp³-hybridized carbons (Fsp3) is 0.222. The van der Waals surface area contributed by atoms with Gasteiger partial charge in [0.05, 0.1) is 4.90 Å². The van der Waals surface area contributed by atoms with E-state index in [0.717, 1.165) is 22.9 Å². The van der Waals surface area contributed by atoms with Gasteiger partial charge in [-0.15, -0.1) is 0 Å². The molecule has 0 aliphatic rings. The first-order valence-corrected chi connectivity index (χ1v) is 4.82. The molecule has 0 bridgehead atoms. The van der Waals surface area contributed by atoms with Crippen LogP contribution in [-0.4, -0.2) is 5.11 Å². The van der Waals surface area contributed by atoms with E-state index in [4.69, 9.17) is 16.9 Å². The van der Waals surface area contributed by atoms with Crippen LogP contribution in [0.15, 0.2) is 11.0 Å². The molecule has 4 heteroatoms. The van der Waals surface area contributed by atoms with Crippen molar-refractivity contribution in [2.45, 2.75) is 18.7 Å². The zero-order chi connectivity index (χ0) is 10.0. The molecule has 0 heterocycles. The first kappa shape index (κ1) is 10.2. The summed E-state index contributed by atoms with van der Waals surface area (Å²) in [4.78, 5) is 0.540. The molecular formula is C9H8ClNOS. The number of aromatic hydroxyl groups is 1. The van der Waals surface area contributed by atoms with E-state index in [0.29, 0.717) is 9.92 Å². The minimum Gasteiger partial charge on any atom is -0.507 e. The molecule has 1 rings (SSSR count). The van der Waals surface area contributed by atoms with Crippen molar-refractivity contribution in [3.05, 3.63) is 22.2 Å². The summed E-state index contributed by atoms with van der Waals surface area (Å²) < 4.78 is 0. The fourth-order valence-electron chi connectivity index (χ4n) is 1.10. The number of thioether (sulfide) groups is 1. The maximum atomic E-state index is 9.50. The molecule has 68 valence electrons. The third kappa shape index (κ3) is 1.90. The van der Waals surface area contributed by atoms with Crippen LogP contribution in [0.4, 0.5) is 0 Å². The van der Waals surface area contributed by atoms with Gasteiger partial charge >= 0.3 is 0 Å². The van der Waals surface area contributed by atoms with Crippen molar-refractivity contribution in [3.8, 4) is 11.2 Å². The summed E-state index contributed by atoms with van der Waals surface area (Å²) in [6.45, 7) is 3.60. The van der Waals surface area contributed by atoms with Crippen LogP contribution in [0.3, 0.4) is 0 Å². The molecule has 0 amide bonds. The Morgan fingerprint density at radius 1 is 1.54 bits per heavy atom. The van der Waals surface area contributed by atoms with Crippen molar-refractivity contribution < 1.29 is 5.11 Å². The smallest absolute Gasteiger partial charge is 0.138 e. The molecule has 13 heavy (non-hydrogen) atoms. The van der Waals surface area contributed by atoms with E-state index >= 15 is 0 Å². The Balaban J connectivity index is 3.36. The first-order chi connectivity index (χ1) is 6.07. The molecule has 0 fully saturated rings. The number of hydrogen-bond donors (Lipinski definition) is 1. The van der Waals surface area contributed by atoms with Crippen LogP contribution < -0.4 is 0 Å². The number of benzene rings is 1. The molecule has 0 unspecified atom stereocenters. The van der Waals surface area contributed by atoms with Gasteiger partial charge < -0.3 is 5.11 Å². The number of halogens is 1. The predicted molar refractivity (Wildman–Crippen MR) is 54.1 cm³/mol. The Kier molecular flexibility index (Phi) is 3.07. The van der Waals surface area contributed by atoms with E-state index < -0.39 is 0 Å². The van der Waals surface area contributed by atoms with Gasteiger partial charge in [-0.2, -0.15) is 5.26 Å². The standard InChI is InChI=1S/C9H8ClNOS/c1-5-3-7(12)9(13-4-11)6(2)8(5)10/h3,12H,1-2H3. The molecule has 2 nitrogen and oxygen atoms in total. The van der Waals surface area contributed by atoms with Gasteiger partial charge in [-0.05, 0) is 42.8 Å². The van der Waals surface area contributed by atoms with Crippen LogP contribution in [0, 0.1) is 24.5 Å². The summed E-state index contributed by atoms with van der Waals surface area (Å²) in [7, 11) is 0. The molecule has 0 atom stereocenters. The van der Waals surface area contributed by atoms with E-state index in [1.54, 1.807) is 13.0 Å². The lowest BCUT2D eigenvalue weighted by Crippen LogP contribution is -1.85. The summed E-state index contributed by atoms with van der Waals surface area (Å²) >= 11 is 6.88. The Labute approximate surface area is 86.1 Å². The summed E-state index contributed by atoms with van der Waals surface area (Å²) in [6, 6.07) is 1.56. The lowest BCUT2D eigenvalue weighted by molar-refractivity contribution is 0.461. The SMILES string of the molecule is Cc1cc(O)c(SC#N)c(C)c1Cl. The quantitative estimate of drug-likeness (QED) is 0.576. The number of rotatable bonds is 1. The lowest BCUT2D eigenvalue weighted by atomic mass is 10.1. The molecule has 0 saturated carbocycles. The van der Waals surface area contributed by atoms with E-state index in [2.05, 4.69) is 0 Å². The molecule has 0 aliphatic carbocycles. The second kappa shape index (κ2) is 3.91. The molecule has 0 aliphatic heterocycles. The largest absolute Gasteiger partial charge is 0.507 e. The van der Waals surface area contributed by atoms with Crippen molar-refractivity contribution in [2.75, 3.05) is 0 Å². The third-order valence-electron chi connectivity index (χ3n) is 1.75. The van der Waals surface area contributed by atoms with Gasteiger partial charge in [0.1, 0.15) is 11.2 Å². The zero-order valence-electron chi connectivity index (χ0n) is 7.26. The molecule has 0 radical (unpaired) electrons. The van der Waals surface area contributed by atoms with E-state index in [9.17, 15) is 5.11 Å². The second-order valence-electron chi connectivity index (χ2n) is 2.67. The van der Waals surface area contributed by atoms with Gasteiger partial charge in [0.2, 0.25) is 0 Å². The van der Waals surface area contributed by atoms with Crippen molar-refractivity contribution in [2.24, 2.45) is 0 Å². The highest BCUT2D eigenvalue weighted by atomic mass is 35.5. The number of nitrogens with zero attached hydrogens (tertiary/aromatic N) is 1. The molecular weight excluding hydrogens is 206 g/mol. The Hall–Kier alpha value is -0.850. The van der Waals surface area contributed by atoms with E-state index in [-0.39, 0.29) is 5.75 Å². The number of hydrogen-bond acceptors (Lipinski definition) is 3. The molecule has 1 N–H and O–H groups in total. The van der Waals surface area contributed by atoms with Gasteiger partial charge in [-0.25, -0.2) is 0 Å². The molecule has 1 aromatic carbocycles. The number of nitriles is 1. The number of phenolic OH excluding ortho intramolecular Hbond substituents is 1. The number of phenols is 1. The van der Waals surface area contributed by atoms with Crippen LogP contribution in [0.25, 0.3) is 0 Å². The average molecular weight is 214 g/mol. The maximum Gasteiger partial charge on any atom is 0.138 e. The summed E-state index contributed by atoms with van der Waals surface area (Å²) in [5.74, 6) is 0.117. The first-order valence-electron chi connectivity index (χ1n) is 3.62. The van der Waals surface area contributed by atoms with Gasteiger partial charge in [-0.1, -0.05) is 11.6 Å². The molecule has 0 aromatic heterocycles. The second-order valence-corrected chi connectivity index (χ2v) is 3.85. The predicted octanol–water partition coefficient (Wildman–Crippen LogP) is 3.24. The van der Waals surface area contributed by atoms with Gasteiger partial charge in [0, 0.05) is 5.02 Å². The Morgan fingerprint density at radius 2 is 2.15 bits per heavy atom. The van der Waals surface area contributed by atoms with Crippen LogP contribution in [0.5, 0.6) is 5.75 Å². The minimum atomic E-state index is 0.117. The van der Waals surface area contributed by atoms with Crippen molar-refractivity contribution in [1.29, 1.82) is 5.26 Å². The van der Waals surface area contributed by atoms with Crippen molar-refractivity contribution in [1.82, 2.24) is 0 Å². The molecule has 1 aromatic rings. The third-order valence-corrected chi connectivity index (χ3v) is 3.14. The molecule has 0 spiro atoms. The highest BCUT2D eigenvalue weighted by molar-refractivity contribution is 8.03. The monoisotopic (exact) mass is 213 g/mol. The summed E-state index contributed by atoms with van der Waals surface area (Å²) in [5, 5.41) is 20.5. The highest BCUT2D eigenvalue weighted by Gasteiger charge is 2.11. The lowest BCUT2D eigenvalue weighted by Gasteiger charge is -2.08.